The lowest BCUT2D eigenvalue weighted by Gasteiger charge is -2.29. The fourth-order valence-corrected chi connectivity index (χ4v) is 6.16. The van der Waals surface area contributed by atoms with Gasteiger partial charge >= 0.3 is 0 Å². The van der Waals surface area contributed by atoms with E-state index >= 15 is 0 Å². The van der Waals surface area contributed by atoms with Crippen molar-refractivity contribution in [1.29, 1.82) is 0 Å². The van der Waals surface area contributed by atoms with E-state index in [0.29, 0.717) is 30.9 Å². The molecular formula is C29H34N2O4. The van der Waals surface area contributed by atoms with Crippen LogP contribution in [0.1, 0.15) is 68.1 Å². The Labute approximate surface area is 206 Å². The van der Waals surface area contributed by atoms with Crippen LogP contribution in [0.5, 0.6) is 0 Å². The molecule has 2 N–H and O–H groups in total. The molecule has 0 aromatic heterocycles. The molecule has 0 radical (unpaired) electrons. The van der Waals surface area contributed by atoms with Gasteiger partial charge in [0.15, 0.2) is 5.78 Å². The molecule has 2 aromatic rings. The predicted molar refractivity (Wildman–Crippen MR) is 133 cm³/mol. The summed E-state index contributed by atoms with van der Waals surface area (Å²) in [5.74, 6) is -0.761. The lowest BCUT2D eigenvalue weighted by atomic mass is 9.89. The Morgan fingerprint density at radius 3 is 2.40 bits per heavy atom. The second-order valence-electron chi connectivity index (χ2n) is 10.8. The zero-order valence-corrected chi connectivity index (χ0v) is 20.1. The van der Waals surface area contributed by atoms with Gasteiger partial charge in [-0.25, -0.2) is 5.48 Å². The number of benzene rings is 2. The lowest BCUT2D eigenvalue weighted by Crippen LogP contribution is -2.45. The van der Waals surface area contributed by atoms with Gasteiger partial charge in [0.05, 0.1) is 6.04 Å². The van der Waals surface area contributed by atoms with Crippen molar-refractivity contribution in [3.8, 4) is 11.1 Å². The summed E-state index contributed by atoms with van der Waals surface area (Å²) in [5, 5.41) is 9.12. The largest absolute Gasteiger partial charge is 0.331 e. The van der Waals surface area contributed by atoms with E-state index in [1.807, 2.05) is 54.6 Å². The first-order chi connectivity index (χ1) is 17.0. The van der Waals surface area contributed by atoms with E-state index in [1.54, 1.807) is 10.4 Å². The number of Topliss-reactive ketones (excluding diaryl/α,β-unsaturated/α-hetero) is 1. The second kappa shape index (κ2) is 9.94. The lowest BCUT2D eigenvalue weighted by molar-refractivity contribution is -0.141. The molecule has 3 aliphatic rings. The zero-order chi connectivity index (χ0) is 24.4. The van der Waals surface area contributed by atoms with E-state index in [4.69, 9.17) is 5.21 Å². The molecule has 2 aromatic carbocycles. The van der Waals surface area contributed by atoms with Crippen LogP contribution in [-0.4, -0.2) is 40.3 Å². The van der Waals surface area contributed by atoms with Crippen LogP contribution in [-0.2, 0) is 9.59 Å². The maximum Gasteiger partial charge on any atom is 0.244 e. The third kappa shape index (κ3) is 5.18. The number of likely N-dealkylation sites (tertiary alicyclic amines) is 1. The molecule has 2 atom stereocenters. The fraction of sp³-hybridized carbons (Fsp3) is 0.483. The van der Waals surface area contributed by atoms with Crippen molar-refractivity contribution >= 4 is 17.6 Å². The van der Waals surface area contributed by atoms with Crippen molar-refractivity contribution in [3.05, 3.63) is 60.2 Å². The number of hydroxylamine groups is 1. The summed E-state index contributed by atoms with van der Waals surface area (Å²) in [7, 11) is 0. The summed E-state index contributed by atoms with van der Waals surface area (Å²) < 4.78 is 0. The van der Waals surface area contributed by atoms with Crippen LogP contribution in [0.25, 0.3) is 11.1 Å². The van der Waals surface area contributed by atoms with Crippen LogP contribution >= 0.6 is 0 Å². The molecule has 1 spiro atoms. The molecule has 0 bridgehead atoms. The fourth-order valence-electron chi connectivity index (χ4n) is 6.16. The Morgan fingerprint density at radius 2 is 1.71 bits per heavy atom. The number of ketones is 1. The number of carbonyl (C=O) groups excluding carboxylic acids is 3. The van der Waals surface area contributed by atoms with Crippen molar-refractivity contribution in [2.45, 2.75) is 63.8 Å². The summed E-state index contributed by atoms with van der Waals surface area (Å²) in [6.45, 7) is 0.586. The second-order valence-corrected chi connectivity index (χ2v) is 10.8. The van der Waals surface area contributed by atoms with Crippen LogP contribution in [0, 0.1) is 17.3 Å². The number of nitrogens with one attached hydrogen (secondary N) is 1. The standard InChI is InChI=1S/C29H34N2O4/c32-26(30-35)17-24(15-20-7-4-5-8-20)28(34)31-19-29(13-14-29)18-25(31)27(33)23-12-6-11-22(16-23)21-9-2-1-3-10-21/h1-3,6,9-12,16,20,24-25,35H,4-5,7-8,13-15,17-19H2,(H,30,32)/t24-,25+/m1/s1. The molecular weight excluding hydrogens is 440 g/mol. The van der Waals surface area contributed by atoms with Crippen LogP contribution in [0.2, 0.25) is 0 Å². The summed E-state index contributed by atoms with van der Waals surface area (Å²) in [6.07, 6.45) is 7.82. The Morgan fingerprint density at radius 1 is 1.00 bits per heavy atom. The topological polar surface area (TPSA) is 86.7 Å². The van der Waals surface area contributed by atoms with E-state index in [9.17, 15) is 14.4 Å². The minimum Gasteiger partial charge on any atom is -0.331 e. The third-order valence-electron chi connectivity index (χ3n) is 8.30. The summed E-state index contributed by atoms with van der Waals surface area (Å²) >= 11 is 0. The van der Waals surface area contributed by atoms with Crippen molar-refractivity contribution in [2.24, 2.45) is 17.3 Å². The highest BCUT2D eigenvalue weighted by atomic mass is 16.5. The first kappa shape index (κ1) is 23.7. The maximum atomic E-state index is 13.8. The number of hydrogen-bond acceptors (Lipinski definition) is 4. The molecule has 3 fully saturated rings. The van der Waals surface area contributed by atoms with Crippen molar-refractivity contribution in [2.75, 3.05) is 6.54 Å². The van der Waals surface area contributed by atoms with Gasteiger partial charge in [-0.15, -0.1) is 0 Å². The van der Waals surface area contributed by atoms with E-state index < -0.39 is 17.9 Å². The number of hydrogen-bond donors (Lipinski definition) is 2. The van der Waals surface area contributed by atoms with E-state index in [-0.39, 0.29) is 23.5 Å². The smallest absolute Gasteiger partial charge is 0.244 e. The Kier molecular flexibility index (Phi) is 6.74. The first-order valence-corrected chi connectivity index (χ1v) is 12.9. The first-order valence-electron chi connectivity index (χ1n) is 12.9. The maximum absolute atomic E-state index is 13.8. The van der Waals surface area contributed by atoms with Crippen LogP contribution in [0.4, 0.5) is 0 Å². The minimum absolute atomic E-state index is 0.0221. The van der Waals surface area contributed by atoms with E-state index in [2.05, 4.69) is 0 Å². The monoisotopic (exact) mass is 474 g/mol. The van der Waals surface area contributed by atoms with Crippen molar-refractivity contribution < 1.29 is 19.6 Å². The minimum atomic E-state index is -0.542. The van der Waals surface area contributed by atoms with Gasteiger partial charge in [-0.05, 0) is 54.2 Å². The van der Waals surface area contributed by atoms with Crippen LogP contribution in [0.15, 0.2) is 54.6 Å². The molecule has 6 nitrogen and oxygen atoms in total. The molecule has 35 heavy (non-hydrogen) atoms. The predicted octanol–water partition coefficient (Wildman–Crippen LogP) is 5.01. The van der Waals surface area contributed by atoms with Crippen LogP contribution in [0.3, 0.4) is 0 Å². The quantitative estimate of drug-likeness (QED) is 0.320. The average molecular weight is 475 g/mol. The van der Waals surface area contributed by atoms with Gasteiger partial charge in [-0.1, -0.05) is 74.2 Å². The highest BCUT2D eigenvalue weighted by Crippen LogP contribution is 2.55. The SMILES string of the molecule is O=C(C[C@@H](CC1CCCC1)C(=O)N1CC2(CC2)C[C@H]1C(=O)c1cccc(-c2ccccc2)c1)NO. The van der Waals surface area contributed by atoms with Crippen molar-refractivity contribution in [3.63, 3.8) is 0 Å². The number of amides is 2. The Bertz CT molecular complexity index is 1090. The number of nitrogens with zero attached hydrogens (tertiary/aromatic N) is 1. The van der Waals surface area contributed by atoms with E-state index in [0.717, 1.165) is 49.7 Å². The highest BCUT2D eigenvalue weighted by Gasteiger charge is 2.55. The zero-order valence-electron chi connectivity index (χ0n) is 20.1. The van der Waals surface area contributed by atoms with E-state index in [1.165, 1.54) is 0 Å². The molecule has 2 amide bonds. The molecule has 6 heteroatoms. The molecule has 1 aliphatic heterocycles. The Balaban J connectivity index is 1.39. The molecule has 2 saturated carbocycles. The molecule has 1 saturated heterocycles. The molecule has 5 rings (SSSR count). The summed E-state index contributed by atoms with van der Waals surface area (Å²) in [6, 6.07) is 17.1. The van der Waals surface area contributed by atoms with Gasteiger partial charge in [0.1, 0.15) is 0 Å². The summed E-state index contributed by atoms with van der Waals surface area (Å²) in [5.41, 5.74) is 4.39. The van der Waals surface area contributed by atoms with Gasteiger partial charge in [-0.2, -0.15) is 0 Å². The molecule has 184 valence electrons. The van der Waals surface area contributed by atoms with Gasteiger partial charge < -0.3 is 4.90 Å². The number of rotatable bonds is 8. The normalized spacial score (nSPS) is 21.7. The summed E-state index contributed by atoms with van der Waals surface area (Å²) in [4.78, 5) is 41.5. The van der Waals surface area contributed by atoms with Gasteiger partial charge in [0.25, 0.3) is 0 Å². The highest BCUT2D eigenvalue weighted by molar-refractivity contribution is 6.03. The van der Waals surface area contributed by atoms with Gasteiger partial charge in [0.2, 0.25) is 11.8 Å². The number of carbonyl (C=O) groups is 3. The molecule has 2 aliphatic carbocycles. The van der Waals surface area contributed by atoms with Gasteiger partial charge in [-0.3, -0.25) is 19.6 Å². The third-order valence-corrected chi connectivity index (χ3v) is 8.30. The van der Waals surface area contributed by atoms with Crippen molar-refractivity contribution in [1.82, 2.24) is 10.4 Å². The van der Waals surface area contributed by atoms with Crippen LogP contribution < -0.4 is 5.48 Å². The molecule has 1 heterocycles. The Hall–Kier alpha value is -2.99. The average Bonchev–Trinajstić information content (AvgIpc) is 3.27. The molecule has 0 unspecified atom stereocenters. The van der Waals surface area contributed by atoms with Gasteiger partial charge in [0, 0.05) is 24.4 Å².